The van der Waals surface area contributed by atoms with Crippen molar-refractivity contribution < 1.29 is 44.5 Å². The lowest BCUT2D eigenvalue weighted by molar-refractivity contribution is -0.342. The van der Waals surface area contributed by atoms with E-state index < -0.39 is 49.6 Å². The first-order chi connectivity index (χ1) is 11.8. The summed E-state index contributed by atoms with van der Waals surface area (Å²) in [4.78, 5) is 11.4. The van der Waals surface area contributed by atoms with E-state index in [9.17, 15) is 30.3 Å². The zero-order valence-electron chi connectivity index (χ0n) is 13.8. The van der Waals surface area contributed by atoms with Crippen LogP contribution < -0.4 is 0 Å². The number of rotatable bonds is 4. The Morgan fingerprint density at radius 3 is 2.56 bits per heavy atom. The molecule has 3 aliphatic rings. The van der Waals surface area contributed by atoms with E-state index in [0.29, 0.717) is 6.42 Å². The van der Waals surface area contributed by atoms with Gasteiger partial charge in [-0.2, -0.15) is 0 Å². The number of ether oxygens (including phenoxy) is 3. The van der Waals surface area contributed by atoms with Gasteiger partial charge < -0.3 is 39.7 Å². The van der Waals surface area contributed by atoms with Crippen LogP contribution in [0, 0.1) is 17.8 Å². The smallest absolute Gasteiger partial charge is 0.334 e. The van der Waals surface area contributed by atoms with E-state index >= 15 is 0 Å². The summed E-state index contributed by atoms with van der Waals surface area (Å²) in [7, 11) is 0. The van der Waals surface area contributed by atoms with Crippen LogP contribution in [0.2, 0.25) is 0 Å². The van der Waals surface area contributed by atoms with Gasteiger partial charge in [-0.15, -0.1) is 0 Å². The van der Waals surface area contributed by atoms with Crippen LogP contribution in [0.4, 0.5) is 0 Å². The van der Waals surface area contributed by atoms with Gasteiger partial charge >= 0.3 is 5.97 Å². The molecular formula is C16H24O9. The van der Waals surface area contributed by atoms with Crippen molar-refractivity contribution in [3.63, 3.8) is 0 Å². The van der Waals surface area contributed by atoms with Crippen molar-refractivity contribution in [2.75, 3.05) is 6.61 Å². The van der Waals surface area contributed by atoms with Crippen LogP contribution in [-0.2, 0) is 19.0 Å². The second-order valence-electron chi connectivity index (χ2n) is 6.95. The first-order valence-electron chi connectivity index (χ1n) is 8.40. The molecule has 0 spiro atoms. The second kappa shape index (κ2) is 7.18. The highest BCUT2D eigenvalue weighted by molar-refractivity contribution is 5.87. The predicted octanol–water partition coefficient (Wildman–Crippen LogP) is -1.21. The fourth-order valence-corrected chi connectivity index (χ4v) is 4.01. The van der Waals surface area contributed by atoms with E-state index in [1.807, 2.05) is 6.92 Å². The molecule has 0 aromatic carbocycles. The normalized spacial score (nSPS) is 46.9. The Morgan fingerprint density at radius 2 is 1.92 bits per heavy atom. The first-order valence-corrected chi connectivity index (χ1v) is 8.40. The molecule has 25 heavy (non-hydrogen) atoms. The van der Waals surface area contributed by atoms with Crippen LogP contribution in [0.25, 0.3) is 0 Å². The average Bonchev–Trinajstić information content (AvgIpc) is 2.97. The zero-order valence-corrected chi connectivity index (χ0v) is 13.8. The molecule has 0 aromatic rings. The number of carboxylic acids is 1. The van der Waals surface area contributed by atoms with Gasteiger partial charge in [0.1, 0.15) is 24.4 Å². The highest BCUT2D eigenvalue weighted by Gasteiger charge is 2.50. The monoisotopic (exact) mass is 360 g/mol. The minimum Gasteiger partial charge on any atom is -0.478 e. The quantitative estimate of drug-likeness (QED) is 0.417. The Bertz CT molecular complexity index is 534. The molecule has 142 valence electrons. The molecule has 0 radical (unpaired) electrons. The standard InChI is InChI=1S/C16H24O9/c1-6-2-3-7-8(14(21)22)5-23-15(10(6)7)25-16-13(20)12(19)11(18)9(4-17)24-16/h5-7,9-13,15-20H,2-4H2,1H3,(H,21,22)/t6-,7-,9+,10-,11+,12-,13-,15+,16+/m0/s1. The summed E-state index contributed by atoms with van der Waals surface area (Å²) in [5.74, 6) is -1.35. The minimum atomic E-state index is -1.54. The predicted molar refractivity (Wildman–Crippen MR) is 80.8 cm³/mol. The number of carboxylic acid groups (broad SMARTS) is 1. The number of aliphatic hydroxyl groups excluding tert-OH is 4. The molecule has 5 N–H and O–H groups in total. The summed E-state index contributed by atoms with van der Waals surface area (Å²) < 4.78 is 16.5. The van der Waals surface area contributed by atoms with Crippen molar-refractivity contribution in [1.29, 1.82) is 0 Å². The average molecular weight is 360 g/mol. The van der Waals surface area contributed by atoms with E-state index in [0.717, 1.165) is 12.7 Å². The summed E-state index contributed by atoms with van der Waals surface area (Å²) >= 11 is 0. The fourth-order valence-electron chi connectivity index (χ4n) is 4.01. The topological polar surface area (TPSA) is 146 Å². The first kappa shape index (κ1) is 18.6. The van der Waals surface area contributed by atoms with Gasteiger partial charge in [-0.1, -0.05) is 6.92 Å². The van der Waals surface area contributed by atoms with Gasteiger partial charge in [-0.3, -0.25) is 0 Å². The molecule has 0 aromatic heterocycles. The molecule has 0 unspecified atom stereocenters. The van der Waals surface area contributed by atoms with Crippen molar-refractivity contribution in [2.24, 2.45) is 17.8 Å². The number of hydrogen-bond acceptors (Lipinski definition) is 8. The fraction of sp³-hybridized carbons (Fsp3) is 0.812. The number of carbonyl (C=O) groups is 1. The number of aliphatic hydroxyl groups is 4. The molecule has 0 amide bonds. The lowest BCUT2D eigenvalue weighted by Gasteiger charge is -2.43. The van der Waals surface area contributed by atoms with Gasteiger partial charge in [0.15, 0.2) is 6.29 Å². The molecule has 3 rings (SSSR count). The number of fused-ring (bicyclic) bond motifs is 1. The Hall–Kier alpha value is -1.23. The van der Waals surface area contributed by atoms with Crippen molar-refractivity contribution in [3.8, 4) is 0 Å². The van der Waals surface area contributed by atoms with Crippen molar-refractivity contribution in [2.45, 2.75) is 56.8 Å². The molecule has 9 heteroatoms. The van der Waals surface area contributed by atoms with Crippen LogP contribution in [0.5, 0.6) is 0 Å². The highest BCUT2D eigenvalue weighted by Crippen LogP contribution is 2.47. The number of hydrogen-bond donors (Lipinski definition) is 5. The van der Waals surface area contributed by atoms with E-state index in [1.54, 1.807) is 0 Å². The van der Waals surface area contributed by atoms with Crippen LogP contribution >= 0.6 is 0 Å². The maximum Gasteiger partial charge on any atom is 0.334 e. The second-order valence-corrected chi connectivity index (χ2v) is 6.95. The molecule has 1 saturated carbocycles. The molecule has 2 aliphatic heterocycles. The molecule has 2 heterocycles. The highest BCUT2D eigenvalue weighted by atomic mass is 16.8. The number of aliphatic carboxylic acids is 1. The minimum absolute atomic E-state index is 0.142. The van der Waals surface area contributed by atoms with Crippen molar-refractivity contribution in [3.05, 3.63) is 11.8 Å². The summed E-state index contributed by atoms with van der Waals surface area (Å²) in [6.07, 6.45) is -5.10. The van der Waals surface area contributed by atoms with Gasteiger partial charge in [-0.05, 0) is 18.8 Å². The van der Waals surface area contributed by atoms with Gasteiger partial charge in [0.05, 0.1) is 18.4 Å². The Kier molecular flexibility index (Phi) is 5.33. The third-order valence-electron chi connectivity index (χ3n) is 5.46. The Balaban J connectivity index is 1.77. The van der Waals surface area contributed by atoms with E-state index in [4.69, 9.17) is 14.2 Å². The molecule has 0 bridgehead atoms. The maximum atomic E-state index is 11.4. The molecular weight excluding hydrogens is 336 g/mol. The van der Waals surface area contributed by atoms with Crippen LogP contribution in [0.15, 0.2) is 11.8 Å². The molecule has 9 nitrogen and oxygen atoms in total. The molecule has 9 atom stereocenters. The molecule has 1 aliphatic carbocycles. The largest absolute Gasteiger partial charge is 0.478 e. The van der Waals surface area contributed by atoms with Crippen molar-refractivity contribution in [1.82, 2.24) is 0 Å². The van der Waals surface area contributed by atoms with Gasteiger partial charge in [-0.25, -0.2) is 4.79 Å². The summed E-state index contributed by atoms with van der Waals surface area (Å²) in [5.41, 5.74) is 0.197. The third-order valence-corrected chi connectivity index (χ3v) is 5.46. The van der Waals surface area contributed by atoms with Crippen LogP contribution in [0.1, 0.15) is 19.8 Å². The van der Waals surface area contributed by atoms with Gasteiger partial charge in [0.25, 0.3) is 0 Å². The zero-order chi connectivity index (χ0) is 18.3. The molecule has 1 saturated heterocycles. The van der Waals surface area contributed by atoms with E-state index in [-0.39, 0.29) is 23.3 Å². The van der Waals surface area contributed by atoms with E-state index in [2.05, 4.69) is 0 Å². The Labute approximate surface area is 144 Å². The van der Waals surface area contributed by atoms with Crippen LogP contribution in [0.3, 0.4) is 0 Å². The van der Waals surface area contributed by atoms with Crippen molar-refractivity contribution >= 4 is 5.97 Å². The Morgan fingerprint density at radius 1 is 1.20 bits per heavy atom. The van der Waals surface area contributed by atoms with Gasteiger partial charge in [0.2, 0.25) is 6.29 Å². The van der Waals surface area contributed by atoms with Gasteiger partial charge in [0, 0.05) is 11.8 Å². The maximum absolute atomic E-state index is 11.4. The summed E-state index contributed by atoms with van der Waals surface area (Å²) in [6.45, 7) is 1.42. The lowest BCUT2D eigenvalue weighted by atomic mass is 9.83. The SMILES string of the molecule is C[C@H]1CC[C@H]2C(C(=O)O)=CO[C@H](O[C@H]3O[C@H](CO)[C@@H](O)[C@H](O)[C@@H]3O)[C@@H]12. The summed E-state index contributed by atoms with van der Waals surface area (Å²) in [6, 6.07) is 0. The lowest BCUT2D eigenvalue weighted by Crippen LogP contribution is -2.60. The summed E-state index contributed by atoms with van der Waals surface area (Å²) in [5, 5.41) is 48.3. The van der Waals surface area contributed by atoms with Crippen LogP contribution in [-0.4, -0.2) is 75.1 Å². The third kappa shape index (κ3) is 3.27. The van der Waals surface area contributed by atoms with E-state index in [1.165, 1.54) is 0 Å². The molecule has 2 fully saturated rings.